The molecule has 0 aliphatic rings. The van der Waals surface area contributed by atoms with Gasteiger partial charge in [0.05, 0.1) is 0 Å². The third kappa shape index (κ3) is 12.2. The Bertz CT molecular complexity index is 829. The first-order valence-electron chi connectivity index (χ1n) is 14.9. The Balaban J connectivity index is 1.95. The minimum absolute atomic E-state index is 0.0429. The molecule has 0 amide bonds. The van der Waals surface area contributed by atoms with Crippen LogP contribution in [0, 0.1) is 0 Å². The molecule has 0 fully saturated rings. The van der Waals surface area contributed by atoms with E-state index < -0.39 is 18.4 Å². The van der Waals surface area contributed by atoms with E-state index in [4.69, 9.17) is 9.73 Å². The zero-order valence-corrected chi connectivity index (χ0v) is 27.3. The number of hydrogen-bond acceptors (Lipinski definition) is 2. The number of aliphatic imine (C=N–C) groups is 1. The van der Waals surface area contributed by atoms with E-state index in [1.807, 2.05) is 6.26 Å². The Morgan fingerprint density at radius 3 is 1.73 bits per heavy atom. The molecule has 0 bridgehead atoms. The summed E-state index contributed by atoms with van der Waals surface area (Å²) in [5.41, 5.74) is 2.27. The van der Waals surface area contributed by atoms with Crippen molar-refractivity contribution in [2.24, 2.45) is 4.99 Å². The molecule has 0 aromatic heterocycles. The van der Waals surface area contributed by atoms with Crippen LogP contribution in [0.5, 0.6) is 0 Å². The van der Waals surface area contributed by atoms with Crippen molar-refractivity contribution < 1.29 is 4.74 Å². The third-order valence-corrected chi connectivity index (χ3v) is 22.8. The van der Waals surface area contributed by atoms with Gasteiger partial charge >= 0.3 is 197 Å². The molecule has 0 heterocycles. The van der Waals surface area contributed by atoms with Crippen LogP contribution in [0.4, 0.5) is 0 Å². The fourth-order valence-electron chi connectivity index (χ4n) is 5.15. The Labute approximate surface area is 232 Å². The average Bonchev–Trinajstić information content (AvgIpc) is 2.92. The molecule has 0 aliphatic carbocycles. The van der Waals surface area contributed by atoms with Gasteiger partial charge in [-0.25, -0.2) is 0 Å². The van der Waals surface area contributed by atoms with Crippen molar-refractivity contribution >= 4 is 24.6 Å². The number of rotatable bonds is 19. The van der Waals surface area contributed by atoms with Crippen LogP contribution in [0.15, 0.2) is 78.0 Å². The summed E-state index contributed by atoms with van der Waals surface area (Å²) in [6, 6.07) is 21.2. The van der Waals surface area contributed by atoms with Gasteiger partial charge in [-0.2, -0.15) is 0 Å². The van der Waals surface area contributed by atoms with Gasteiger partial charge in [0.1, 0.15) is 0 Å². The van der Waals surface area contributed by atoms with Crippen LogP contribution in [0.2, 0.25) is 17.7 Å². The van der Waals surface area contributed by atoms with Crippen molar-refractivity contribution in [3.63, 3.8) is 0 Å². The van der Waals surface area contributed by atoms with E-state index in [1.54, 1.807) is 13.3 Å². The van der Waals surface area contributed by atoms with E-state index in [0.29, 0.717) is 0 Å². The number of allylic oxidation sites excluding steroid dienone is 1. The SMILES string of the molecule is CCC[CH2][Sn]([CH2]/C=C\OC(C)(C)CCC=NC(c1ccccc1)c1ccccc1)([CH2]CCC)[CH2]CCC. The van der Waals surface area contributed by atoms with E-state index in [1.165, 1.54) is 54.1 Å². The van der Waals surface area contributed by atoms with Crippen molar-refractivity contribution in [2.75, 3.05) is 0 Å². The molecule has 0 N–H and O–H groups in total. The number of benzene rings is 2. The second-order valence-electron chi connectivity index (χ2n) is 11.4. The Kier molecular flexibility index (Phi) is 15.3. The second-order valence-corrected chi connectivity index (χ2v) is 25.4. The van der Waals surface area contributed by atoms with Gasteiger partial charge in [-0.3, -0.25) is 0 Å². The summed E-state index contributed by atoms with van der Waals surface area (Å²) < 4.78 is 12.3. The Morgan fingerprint density at radius 1 is 0.784 bits per heavy atom. The maximum absolute atomic E-state index is 6.31. The molecule has 3 heteroatoms. The van der Waals surface area contributed by atoms with E-state index in [-0.39, 0.29) is 11.6 Å². The molecular weight excluding hydrogens is 557 g/mol. The quantitative estimate of drug-likeness (QED) is 0.0881. The molecule has 2 nitrogen and oxygen atoms in total. The van der Waals surface area contributed by atoms with Crippen LogP contribution in [-0.2, 0) is 4.74 Å². The first kappa shape index (κ1) is 31.7. The van der Waals surface area contributed by atoms with Crippen LogP contribution in [0.1, 0.15) is 103 Å². The molecule has 0 saturated carbocycles. The van der Waals surface area contributed by atoms with Crippen LogP contribution < -0.4 is 0 Å². The second kappa shape index (κ2) is 17.9. The summed E-state index contributed by atoms with van der Waals surface area (Å²) in [6.07, 6.45) is 16.7. The van der Waals surface area contributed by atoms with Crippen molar-refractivity contribution in [1.82, 2.24) is 0 Å². The van der Waals surface area contributed by atoms with Crippen molar-refractivity contribution in [3.8, 4) is 0 Å². The molecule has 0 aliphatic heterocycles. The van der Waals surface area contributed by atoms with Crippen LogP contribution in [0.3, 0.4) is 0 Å². The zero-order chi connectivity index (χ0) is 26.8. The molecule has 0 spiro atoms. The number of ether oxygens (including phenoxy) is 1. The van der Waals surface area contributed by atoms with Crippen molar-refractivity contribution in [1.29, 1.82) is 0 Å². The topological polar surface area (TPSA) is 21.6 Å². The van der Waals surface area contributed by atoms with Crippen LogP contribution >= 0.6 is 0 Å². The summed E-state index contributed by atoms with van der Waals surface area (Å²) in [6.45, 7) is 11.5. The molecule has 204 valence electrons. The normalized spacial score (nSPS) is 12.7. The van der Waals surface area contributed by atoms with E-state index >= 15 is 0 Å². The molecule has 2 aromatic carbocycles. The fourth-order valence-corrected chi connectivity index (χ4v) is 20.2. The van der Waals surface area contributed by atoms with Gasteiger partial charge in [-0.15, -0.1) is 0 Å². The fraction of sp³-hybridized carbons (Fsp3) is 0.559. The maximum atomic E-state index is 6.31. The Hall–Kier alpha value is -1.55. The molecule has 2 aromatic rings. The molecule has 0 saturated heterocycles. The summed E-state index contributed by atoms with van der Waals surface area (Å²) in [5, 5.41) is 0. The Morgan fingerprint density at radius 2 is 1.27 bits per heavy atom. The monoisotopic (exact) mass is 611 g/mol. The molecule has 37 heavy (non-hydrogen) atoms. The molecular formula is C34H53NOSn. The average molecular weight is 611 g/mol. The van der Waals surface area contributed by atoms with Crippen molar-refractivity contribution in [2.45, 2.75) is 115 Å². The molecule has 0 unspecified atom stereocenters. The zero-order valence-electron chi connectivity index (χ0n) is 24.4. The molecule has 0 atom stereocenters. The van der Waals surface area contributed by atoms with Gasteiger partial charge in [0.2, 0.25) is 0 Å². The van der Waals surface area contributed by atoms with Gasteiger partial charge < -0.3 is 0 Å². The standard InChI is InChI=1S/C22H26NO.3C4H9.Sn/c1-4-18-24-22(2,3)16-11-17-23-21(19-12-7-5-8-13-19)20-14-9-6-10-15-20;3*1-3-4-2;/h4-10,12-15,17-18,21H,1,11,16H2,2-3H3;3*1,3-4H2,2H3;/b18-4-,23-17?;;;;. The summed E-state index contributed by atoms with van der Waals surface area (Å²) in [4.78, 5) is 4.99. The van der Waals surface area contributed by atoms with E-state index in [9.17, 15) is 0 Å². The summed E-state index contributed by atoms with van der Waals surface area (Å²) >= 11 is -2.12. The van der Waals surface area contributed by atoms with E-state index in [2.05, 4.69) is 108 Å². The number of unbranched alkanes of at least 4 members (excludes halogenated alkanes) is 3. The van der Waals surface area contributed by atoms with Crippen LogP contribution in [0.25, 0.3) is 0 Å². The van der Waals surface area contributed by atoms with Crippen molar-refractivity contribution in [3.05, 3.63) is 84.1 Å². The van der Waals surface area contributed by atoms with Gasteiger partial charge in [0.25, 0.3) is 0 Å². The predicted molar refractivity (Wildman–Crippen MR) is 166 cm³/mol. The van der Waals surface area contributed by atoms with Gasteiger partial charge in [0, 0.05) is 0 Å². The van der Waals surface area contributed by atoms with Gasteiger partial charge in [-0.1, -0.05) is 36.4 Å². The van der Waals surface area contributed by atoms with E-state index in [0.717, 1.165) is 12.8 Å². The van der Waals surface area contributed by atoms with Crippen LogP contribution in [-0.4, -0.2) is 30.2 Å². The predicted octanol–water partition coefficient (Wildman–Crippen LogP) is 10.8. The molecule has 2 rings (SSSR count). The number of hydrogen-bond donors (Lipinski definition) is 0. The minimum atomic E-state index is -2.12. The molecule has 0 radical (unpaired) electrons. The first-order valence-corrected chi connectivity index (χ1v) is 23.0. The van der Waals surface area contributed by atoms with Gasteiger partial charge in [-0.05, 0) is 0 Å². The van der Waals surface area contributed by atoms with Gasteiger partial charge in [0.15, 0.2) is 0 Å². The first-order chi connectivity index (χ1) is 18.0. The third-order valence-electron chi connectivity index (χ3n) is 7.58. The summed E-state index contributed by atoms with van der Waals surface area (Å²) in [5.74, 6) is 0. The summed E-state index contributed by atoms with van der Waals surface area (Å²) in [7, 11) is 0. The number of nitrogens with zero attached hydrogens (tertiary/aromatic N) is 1.